The second kappa shape index (κ2) is 17.6. The van der Waals surface area contributed by atoms with Crippen LogP contribution in [0, 0.1) is 22.2 Å². The summed E-state index contributed by atoms with van der Waals surface area (Å²) >= 11 is 0. The predicted octanol–water partition coefficient (Wildman–Crippen LogP) is 9.23. The molecule has 6 heteroatoms. The molecule has 0 spiro atoms. The van der Waals surface area contributed by atoms with E-state index in [0.717, 1.165) is 22.6 Å². The van der Waals surface area contributed by atoms with Crippen LogP contribution in [0.5, 0.6) is 0 Å². The third kappa shape index (κ3) is 26.1. The number of benzene rings is 2. The minimum Gasteiger partial charge on any atom is -0.348 e. The molecule has 2 N–H and O–H groups in total. The van der Waals surface area contributed by atoms with Crippen molar-refractivity contribution >= 4 is 15.9 Å². The van der Waals surface area contributed by atoms with Crippen molar-refractivity contribution in [2.24, 2.45) is 22.2 Å². The Bertz CT molecular complexity index is 1050. The van der Waals surface area contributed by atoms with E-state index in [1.807, 2.05) is 36.4 Å². The van der Waals surface area contributed by atoms with Gasteiger partial charge in [0, 0.05) is 18.7 Å². The average Bonchev–Trinajstić information content (AvgIpc) is 3.25. The van der Waals surface area contributed by atoms with Gasteiger partial charge in [-0.1, -0.05) is 140 Å². The Morgan fingerprint density at radius 1 is 0.625 bits per heavy atom. The van der Waals surface area contributed by atoms with E-state index in [2.05, 4.69) is 114 Å². The molecule has 0 fully saturated rings. The smallest absolute Gasteiger partial charge is 0.251 e. The third-order valence-corrected chi connectivity index (χ3v) is 4.92. The van der Waals surface area contributed by atoms with Gasteiger partial charge in [-0.25, -0.2) is 13.1 Å². The number of hydrogen-bond donors (Lipinski definition) is 2. The molecule has 230 valence electrons. The number of sulfonamides is 1. The van der Waals surface area contributed by atoms with Gasteiger partial charge in [-0.3, -0.25) is 4.79 Å². The molecule has 2 heterocycles. The first-order valence-corrected chi connectivity index (χ1v) is 15.7. The second-order valence-electron chi connectivity index (χ2n) is 15.5. The quantitative estimate of drug-likeness (QED) is 0.328. The van der Waals surface area contributed by atoms with Gasteiger partial charge in [-0.05, 0) is 45.4 Å². The summed E-state index contributed by atoms with van der Waals surface area (Å²) in [5, 5.41) is 2.75. The first kappa shape index (κ1) is 40.0. The van der Waals surface area contributed by atoms with Gasteiger partial charge in [0.15, 0.2) is 0 Å². The molecule has 2 aliphatic heterocycles. The van der Waals surface area contributed by atoms with Crippen molar-refractivity contribution in [2.75, 3.05) is 0 Å². The summed E-state index contributed by atoms with van der Waals surface area (Å²) in [5.74, 6) is 0.885. The lowest BCUT2D eigenvalue weighted by Gasteiger charge is -2.05. The van der Waals surface area contributed by atoms with Crippen LogP contribution in [0.4, 0.5) is 0 Å². The monoisotopic (exact) mass is 576 g/mol. The number of hydrogen-bond acceptors (Lipinski definition) is 3. The highest BCUT2D eigenvalue weighted by Gasteiger charge is 2.23. The molecular weight excluding hydrogens is 516 g/mol. The lowest BCUT2D eigenvalue weighted by Crippen LogP contribution is -2.13. The van der Waals surface area contributed by atoms with E-state index in [4.69, 9.17) is 0 Å². The summed E-state index contributed by atoms with van der Waals surface area (Å²) in [6.45, 7) is 33.9. The molecule has 0 saturated carbocycles. The van der Waals surface area contributed by atoms with Gasteiger partial charge in [0.25, 0.3) is 5.91 Å². The Balaban J connectivity index is 0. The number of carbonyl (C=O) groups is 1. The van der Waals surface area contributed by atoms with Crippen LogP contribution < -0.4 is 10.0 Å². The molecule has 1 amide bonds. The van der Waals surface area contributed by atoms with Crippen LogP contribution in [0.2, 0.25) is 0 Å². The normalized spacial score (nSPS) is 14.4. The van der Waals surface area contributed by atoms with Crippen LogP contribution in [0.15, 0.2) is 53.4 Å². The maximum absolute atomic E-state index is 11.1. The van der Waals surface area contributed by atoms with Crippen molar-refractivity contribution in [1.82, 2.24) is 10.0 Å². The summed E-state index contributed by atoms with van der Waals surface area (Å²) in [5.41, 5.74) is 4.28. The molecule has 0 saturated heterocycles. The number of fused-ring (bicyclic) bond motifs is 2. The number of rotatable bonds is 0. The Kier molecular flexibility index (Phi) is 17.6. The zero-order chi connectivity index (χ0) is 31.9. The number of amides is 1. The molecule has 0 aromatic heterocycles. The van der Waals surface area contributed by atoms with Gasteiger partial charge in [0.2, 0.25) is 10.0 Å². The molecule has 5 nitrogen and oxygen atoms in total. The van der Waals surface area contributed by atoms with Crippen molar-refractivity contribution < 1.29 is 13.2 Å². The van der Waals surface area contributed by atoms with Gasteiger partial charge in [-0.15, -0.1) is 0 Å². The first-order chi connectivity index (χ1) is 17.8. The maximum Gasteiger partial charge on any atom is 0.251 e. The molecular formula is C34H60N2O3S. The van der Waals surface area contributed by atoms with Crippen LogP contribution in [0.1, 0.15) is 125 Å². The third-order valence-electron chi connectivity index (χ3n) is 3.42. The summed E-state index contributed by atoms with van der Waals surface area (Å²) < 4.78 is 24.7. The van der Waals surface area contributed by atoms with Gasteiger partial charge >= 0.3 is 0 Å². The molecule has 4 rings (SSSR count). The number of nitrogens with one attached hydrogen (secondary N) is 2. The van der Waals surface area contributed by atoms with E-state index in [0.29, 0.717) is 34.2 Å². The van der Waals surface area contributed by atoms with Gasteiger partial charge in [0.05, 0.1) is 4.90 Å². The van der Waals surface area contributed by atoms with E-state index in [1.54, 1.807) is 12.1 Å². The zero-order valence-corrected chi connectivity index (χ0v) is 29.1. The highest BCUT2D eigenvalue weighted by atomic mass is 32.2. The second-order valence-corrected chi connectivity index (χ2v) is 17.2. The molecule has 2 aromatic carbocycles. The molecule has 0 aliphatic carbocycles. The molecule has 0 atom stereocenters. The molecule has 2 aromatic rings. The minimum absolute atomic E-state index is 0.0515. The highest BCUT2D eigenvalue weighted by molar-refractivity contribution is 7.89. The number of carbonyl (C=O) groups excluding carboxylic acids is 1. The van der Waals surface area contributed by atoms with Crippen LogP contribution in [0.3, 0.4) is 0 Å². The Hall–Kier alpha value is -2.18. The first-order valence-electron chi connectivity index (χ1n) is 14.2. The molecule has 40 heavy (non-hydrogen) atoms. The van der Waals surface area contributed by atoms with Gasteiger partial charge in [0.1, 0.15) is 0 Å². The van der Waals surface area contributed by atoms with Crippen molar-refractivity contribution in [3.05, 3.63) is 65.2 Å². The fourth-order valence-electron chi connectivity index (χ4n) is 2.33. The highest BCUT2D eigenvalue weighted by Crippen LogP contribution is 2.20. The molecule has 2 aliphatic rings. The van der Waals surface area contributed by atoms with Gasteiger partial charge in [-0.2, -0.15) is 0 Å². The molecule has 0 radical (unpaired) electrons. The predicted molar refractivity (Wildman–Crippen MR) is 174 cm³/mol. The minimum atomic E-state index is -3.16. The SMILES string of the molecule is CC(C)(C)C.CC(C)(C)C.CC(C)(C)C.CC(C)C.O=C1NCc2ccccc21.O=S1(=O)NCc2ccccc21. The van der Waals surface area contributed by atoms with Crippen molar-refractivity contribution in [3.63, 3.8) is 0 Å². The summed E-state index contributed by atoms with van der Waals surface area (Å²) in [7, 11) is -3.16. The maximum atomic E-state index is 11.1. The van der Waals surface area contributed by atoms with Crippen LogP contribution in [-0.4, -0.2) is 14.3 Å². The topological polar surface area (TPSA) is 75.3 Å². The lowest BCUT2D eigenvalue weighted by atomic mass is 10.0. The van der Waals surface area contributed by atoms with Crippen molar-refractivity contribution in [1.29, 1.82) is 0 Å². The van der Waals surface area contributed by atoms with Crippen molar-refractivity contribution in [3.8, 4) is 0 Å². The van der Waals surface area contributed by atoms with Crippen LogP contribution >= 0.6 is 0 Å². The standard InChI is InChI=1S/C8H7NO.C7H7NO2S.3C5H12.C4H10/c10-8-7-4-2-1-3-6(7)5-9-8;9-11(10)7-4-2-1-3-6(7)5-8-11;3*1-5(2,3)4;1-4(2)3/h1-4H,5H2,(H,9,10);1-4,8H,5H2;3*1-4H3;4H,1-3H3. The fourth-order valence-corrected chi connectivity index (χ4v) is 3.57. The lowest BCUT2D eigenvalue weighted by molar-refractivity contribution is 0.0965. The van der Waals surface area contributed by atoms with Crippen molar-refractivity contribution in [2.45, 2.75) is 122 Å². The van der Waals surface area contributed by atoms with E-state index < -0.39 is 10.0 Å². The molecule has 0 bridgehead atoms. The van der Waals surface area contributed by atoms with Crippen LogP contribution in [0.25, 0.3) is 0 Å². The molecule has 0 unspecified atom stereocenters. The fraction of sp³-hybridized carbons (Fsp3) is 0.618. The summed E-state index contributed by atoms with van der Waals surface area (Å²) in [4.78, 5) is 11.4. The van der Waals surface area contributed by atoms with Crippen LogP contribution in [-0.2, 0) is 23.1 Å². The zero-order valence-electron chi connectivity index (χ0n) is 28.2. The van der Waals surface area contributed by atoms with E-state index >= 15 is 0 Å². The van der Waals surface area contributed by atoms with E-state index in [1.165, 1.54) is 0 Å². The largest absolute Gasteiger partial charge is 0.348 e. The van der Waals surface area contributed by atoms with E-state index in [-0.39, 0.29) is 5.91 Å². The summed E-state index contributed by atoms with van der Waals surface area (Å²) in [6, 6.07) is 14.6. The Labute approximate surface area is 248 Å². The Morgan fingerprint density at radius 3 is 1.35 bits per heavy atom. The van der Waals surface area contributed by atoms with E-state index in [9.17, 15) is 13.2 Å². The average molecular weight is 577 g/mol. The van der Waals surface area contributed by atoms with Gasteiger partial charge < -0.3 is 5.32 Å². The Morgan fingerprint density at radius 2 is 0.975 bits per heavy atom. The summed E-state index contributed by atoms with van der Waals surface area (Å²) in [6.07, 6.45) is 0.